The van der Waals surface area contributed by atoms with Gasteiger partial charge in [-0.25, -0.2) is 4.39 Å². The molecule has 1 aromatic rings. The predicted molar refractivity (Wildman–Crippen MR) is 74.5 cm³/mol. The molecule has 2 rings (SSSR count). The number of halogens is 1. The van der Waals surface area contributed by atoms with Crippen LogP contribution in [-0.2, 0) is 0 Å². The van der Waals surface area contributed by atoms with Gasteiger partial charge in [0.1, 0.15) is 5.82 Å². The SMILES string of the molecule is CCC1CN(c2ccccc2F)C(C(C)C)CN1. The average molecular weight is 250 g/mol. The van der Waals surface area contributed by atoms with E-state index >= 15 is 0 Å². The van der Waals surface area contributed by atoms with Gasteiger partial charge in [0.25, 0.3) is 0 Å². The molecule has 1 N–H and O–H groups in total. The number of nitrogens with zero attached hydrogens (tertiary/aromatic N) is 1. The predicted octanol–water partition coefficient (Wildman–Crippen LogP) is 3.04. The molecule has 2 atom stereocenters. The van der Waals surface area contributed by atoms with Crippen molar-refractivity contribution in [2.75, 3.05) is 18.0 Å². The number of nitrogens with one attached hydrogen (secondary N) is 1. The van der Waals surface area contributed by atoms with Gasteiger partial charge in [-0.1, -0.05) is 32.9 Å². The lowest BCUT2D eigenvalue weighted by Gasteiger charge is -2.43. The molecule has 0 aliphatic carbocycles. The minimum Gasteiger partial charge on any atom is -0.363 e. The Morgan fingerprint density at radius 3 is 2.72 bits per heavy atom. The molecule has 3 heteroatoms. The summed E-state index contributed by atoms with van der Waals surface area (Å²) < 4.78 is 14.0. The lowest BCUT2D eigenvalue weighted by atomic mass is 9.97. The van der Waals surface area contributed by atoms with Crippen molar-refractivity contribution >= 4 is 5.69 Å². The van der Waals surface area contributed by atoms with Gasteiger partial charge >= 0.3 is 0 Å². The van der Waals surface area contributed by atoms with Crippen LogP contribution in [-0.4, -0.2) is 25.2 Å². The zero-order chi connectivity index (χ0) is 13.1. The van der Waals surface area contributed by atoms with E-state index in [1.54, 1.807) is 12.1 Å². The molecular formula is C15H23FN2. The Labute approximate surface area is 109 Å². The molecule has 2 nitrogen and oxygen atoms in total. The van der Waals surface area contributed by atoms with Crippen molar-refractivity contribution < 1.29 is 4.39 Å². The largest absolute Gasteiger partial charge is 0.363 e. The first-order valence-electron chi connectivity index (χ1n) is 6.88. The molecule has 1 aliphatic rings. The molecule has 0 saturated carbocycles. The van der Waals surface area contributed by atoms with Crippen LogP contribution in [0.4, 0.5) is 10.1 Å². The second kappa shape index (κ2) is 5.70. The Kier molecular flexibility index (Phi) is 4.23. The van der Waals surface area contributed by atoms with E-state index in [0.717, 1.165) is 25.2 Å². The summed E-state index contributed by atoms with van der Waals surface area (Å²) in [7, 11) is 0. The Hall–Kier alpha value is -1.09. The second-order valence-corrected chi connectivity index (χ2v) is 5.43. The van der Waals surface area contributed by atoms with Crippen LogP contribution in [0.1, 0.15) is 27.2 Å². The molecule has 0 amide bonds. The van der Waals surface area contributed by atoms with Crippen molar-refractivity contribution in [3.63, 3.8) is 0 Å². The van der Waals surface area contributed by atoms with Crippen LogP contribution in [0, 0.1) is 11.7 Å². The van der Waals surface area contributed by atoms with Crippen molar-refractivity contribution in [2.24, 2.45) is 5.92 Å². The molecular weight excluding hydrogens is 227 g/mol. The lowest BCUT2D eigenvalue weighted by Crippen LogP contribution is -2.58. The van der Waals surface area contributed by atoms with Crippen LogP contribution in [0.5, 0.6) is 0 Å². The summed E-state index contributed by atoms with van der Waals surface area (Å²) >= 11 is 0. The van der Waals surface area contributed by atoms with E-state index in [4.69, 9.17) is 0 Å². The number of benzene rings is 1. The summed E-state index contributed by atoms with van der Waals surface area (Å²) in [5.41, 5.74) is 0.746. The Balaban J connectivity index is 2.27. The Bertz CT molecular complexity index is 392. The van der Waals surface area contributed by atoms with Gasteiger partial charge in [-0.05, 0) is 24.5 Å². The quantitative estimate of drug-likeness (QED) is 0.887. The van der Waals surface area contributed by atoms with Gasteiger partial charge in [-0.3, -0.25) is 0 Å². The van der Waals surface area contributed by atoms with Crippen molar-refractivity contribution in [1.82, 2.24) is 5.32 Å². The minimum atomic E-state index is -0.111. The first-order chi connectivity index (χ1) is 8.63. The molecule has 1 heterocycles. The standard InChI is InChI=1S/C15H23FN2/c1-4-12-10-18(15(9-17-12)11(2)3)14-8-6-5-7-13(14)16/h5-8,11-12,15,17H,4,9-10H2,1-3H3. The molecule has 1 aromatic carbocycles. The molecule has 0 radical (unpaired) electrons. The van der Waals surface area contributed by atoms with Crippen molar-refractivity contribution in [2.45, 2.75) is 39.3 Å². The first-order valence-corrected chi connectivity index (χ1v) is 6.88. The number of hydrogen-bond acceptors (Lipinski definition) is 2. The molecule has 0 spiro atoms. The zero-order valence-corrected chi connectivity index (χ0v) is 11.5. The third-order valence-corrected chi connectivity index (χ3v) is 3.86. The van der Waals surface area contributed by atoms with Crippen molar-refractivity contribution in [1.29, 1.82) is 0 Å². The lowest BCUT2D eigenvalue weighted by molar-refractivity contribution is 0.331. The van der Waals surface area contributed by atoms with E-state index < -0.39 is 0 Å². The van der Waals surface area contributed by atoms with Gasteiger partial charge in [-0.15, -0.1) is 0 Å². The van der Waals surface area contributed by atoms with Crippen LogP contribution < -0.4 is 10.2 Å². The highest BCUT2D eigenvalue weighted by Gasteiger charge is 2.30. The summed E-state index contributed by atoms with van der Waals surface area (Å²) in [5.74, 6) is 0.398. The van der Waals surface area contributed by atoms with Gasteiger partial charge < -0.3 is 10.2 Å². The van der Waals surface area contributed by atoms with E-state index in [1.165, 1.54) is 0 Å². The summed E-state index contributed by atoms with van der Waals surface area (Å²) in [5, 5.41) is 3.56. The third kappa shape index (κ3) is 2.66. The van der Waals surface area contributed by atoms with Crippen LogP contribution >= 0.6 is 0 Å². The van der Waals surface area contributed by atoms with E-state index in [1.807, 2.05) is 12.1 Å². The fourth-order valence-corrected chi connectivity index (χ4v) is 2.67. The van der Waals surface area contributed by atoms with Crippen molar-refractivity contribution in [3.05, 3.63) is 30.1 Å². The van der Waals surface area contributed by atoms with Gasteiger partial charge in [0.15, 0.2) is 0 Å². The fraction of sp³-hybridized carbons (Fsp3) is 0.600. The topological polar surface area (TPSA) is 15.3 Å². The van der Waals surface area contributed by atoms with Crippen molar-refractivity contribution in [3.8, 4) is 0 Å². The van der Waals surface area contributed by atoms with Gasteiger partial charge in [0.2, 0.25) is 0 Å². The van der Waals surface area contributed by atoms with Crippen LogP contribution in [0.25, 0.3) is 0 Å². The number of para-hydroxylation sites is 1. The molecule has 0 aromatic heterocycles. The number of anilines is 1. The van der Waals surface area contributed by atoms with Gasteiger partial charge in [-0.2, -0.15) is 0 Å². The number of piperazine rings is 1. The molecule has 0 bridgehead atoms. The van der Waals surface area contributed by atoms with E-state index in [9.17, 15) is 4.39 Å². The summed E-state index contributed by atoms with van der Waals surface area (Å²) in [4.78, 5) is 2.24. The van der Waals surface area contributed by atoms with Crippen LogP contribution in [0.3, 0.4) is 0 Å². The smallest absolute Gasteiger partial charge is 0.146 e. The molecule has 1 aliphatic heterocycles. The number of hydrogen-bond donors (Lipinski definition) is 1. The summed E-state index contributed by atoms with van der Waals surface area (Å²) in [6.45, 7) is 8.40. The maximum absolute atomic E-state index is 14.0. The number of rotatable bonds is 3. The van der Waals surface area contributed by atoms with Gasteiger partial charge in [0, 0.05) is 25.2 Å². The summed E-state index contributed by atoms with van der Waals surface area (Å²) in [6.07, 6.45) is 1.08. The van der Waals surface area contributed by atoms with E-state index in [0.29, 0.717) is 18.0 Å². The van der Waals surface area contributed by atoms with E-state index in [-0.39, 0.29) is 5.82 Å². The molecule has 18 heavy (non-hydrogen) atoms. The zero-order valence-electron chi connectivity index (χ0n) is 11.5. The molecule has 100 valence electrons. The van der Waals surface area contributed by atoms with Crippen LogP contribution in [0.15, 0.2) is 24.3 Å². The first kappa shape index (κ1) is 13.3. The third-order valence-electron chi connectivity index (χ3n) is 3.86. The van der Waals surface area contributed by atoms with E-state index in [2.05, 4.69) is 31.0 Å². The highest BCUT2D eigenvalue weighted by atomic mass is 19.1. The monoisotopic (exact) mass is 250 g/mol. The normalized spacial score (nSPS) is 24.6. The van der Waals surface area contributed by atoms with Gasteiger partial charge in [0.05, 0.1) is 5.69 Å². The molecule has 1 fully saturated rings. The summed E-state index contributed by atoms with van der Waals surface area (Å²) in [6, 6.07) is 7.93. The Morgan fingerprint density at radius 2 is 2.11 bits per heavy atom. The molecule has 1 saturated heterocycles. The fourth-order valence-electron chi connectivity index (χ4n) is 2.67. The maximum atomic E-state index is 14.0. The average Bonchev–Trinajstić information content (AvgIpc) is 2.38. The minimum absolute atomic E-state index is 0.111. The second-order valence-electron chi connectivity index (χ2n) is 5.43. The Morgan fingerprint density at radius 1 is 1.39 bits per heavy atom. The maximum Gasteiger partial charge on any atom is 0.146 e. The highest BCUT2D eigenvalue weighted by Crippen LogP contribution is 2.26. The highest BCUT2D eigenvalue weighted by molar-refractivity contribution is 5.49. The van der Waals surface area contributed by atoms with Crippen LogP contribution in [0.2, 0.25) is 0 Å². The molecule has 2 unspecified atom stereocenters.